The van der Waals surface area contributed by atoms with E-state index in [0.29, 0.717) is 28.6 Å². The highest BCUT2D eigenvalue weighted by Gasteiger charge is 2.11. The van der Waals surface area contributed by atoms with Crippen molar-refractivity contribution in [3.8, 4) is 17.5 Å². The molecule has 1 saturated heterocycles. The lowest BCUT2D eigenvalue weighted by Crippen LogP contribution is -2.42. The average Bonchev–Trinajstić information content (AvgIpc) is 2.69. The first-order valence-corrected chi connectivity index (χ1v) is 9.15. The predicted molar refractivity (Wildman–Crippen MR) is 107 cm³/mol. The van der Waals surface area contributed by atoms with Crippen molar-refractivity contribution in [2.45, 2.75) is 0 Å². The lowest BCUT2D eigenvalue weighted by molar-refractivity contribution is 0.0389. The Morgan fingerprint density at radius 1 is 1.19 bits per heavy atom. The number of ether oxygens (including phenoxy) is 3. The number of nitrogens with one attached hydrogen (secondary N) is 2. The summed E-state index contributed by atoms with van der Waals surface area (Å²) in [7, 11) is 1.54. The highest BCUT2D eigenvalue weighted by atomic mass is 32.1. The molecule has 8 nitrogen and oxygen atoms in total. The van der Waals surface area contributed by atoms with E-state index in [1.165, 1.54) is 7.11 Å². The molecule has 2 N–H and O–H groups in total. The second kappa shape index (κ2) is 10.0. The number of morpholine rings is 1. The third kappa shape index (κ3) is 6.31. The average molecular weight is 389 g/mol. The van der Waals surface area contributed by atoms with E-state index in [0.717, 1.165) is 39.4 Å². The zero-order chi connectivity index (χ0) is 18.9. The number of thiocarbonyl (C=S) groups is 1. The van der Waals surface area contributed by atoms with E-state index >= 15 is 0 Å². The van der Waals surface area contributed by atoms with Crippen LogP contribution in [0, 0.1) is 0 Å². The molecule has 1 aromatic heterocycles. The van der Waals surface area contributed by atoms with Gasteiger partial charge in [-0.1, -0.05) is 18.2 Å². The molecule has 0 radical (unpaired) electrons. The molecule has 0 bridgehead atoms. The van der Waals surface area contributed by atoms with E-state index < -0.39 is 0 Å². The van der Waals surface area contributed by atoms with Gasteiger partial charge in [0.1, 0.15) is 5.75 Å². The quantitative estimate of drug-likeness (QED) is 0.690. The second-order valence-electron chi connectivity index (χ2n) is 5.82. The molecule has 0 atom stereocenters. The fraction of sp³-hybridized carbons (Fsp3) is 0.389. The molecule has 144 valence electrons. The number of benzene rings is 1. The first-order valence-electron chi connectivity index (χ1n) is 8.74. The smallest absolute Gasteiger partial charge is 0.235 e. The second-order valence-corrected chi connectivity index (χ2v) is 6.23. The van der Waals surface area contributed by atoms with Gasteiger partial charge in [0, 0.05) is 26.2 Å². The van der Waals surface area contributed by atoms with E-state index in [4.69, 9.17) is 26.4 Å². The Morgan fingerprint density at radius 2 is 1.93 bits per heavy atom. The zero-order valence-corrected chi connectivity index (χ0v) is 16.0. The first kappa shape index (κ1) is 19.3. The normalized spacial score (nSPS) is 14.4. The molecule has 1 aliphatic rings. The van der Waals surface area contributed by atoms with Crippen molar-refractivity contribution in [1.29, 1.82) is 0 Å². The van der Waals surface area contributed by atoms with Gasteiger partial charge >= 0.3 is 0 Å². The topological polar surface area (TPSA) is 80.8 Å². The first-order chi connectivity index (χ1) is 13.2. The van der Waals surface area contributed by atoms with Gasteiger partial charge < -0.3 is 24.8 Å². The molecule has 9 heteroatoms. The van der Waals surface area contributed by atoms with Crippen LogP contribution < -0.4 is 20.1 Å². The maximum atomic E-state index is 5.75. The maximum absolute atomic E-state index is 5.75. The van der Waals surface area contributed by atoms with Crippen molar-refractivity contribution in [2.24, 2.45) is 0 Å². The summed E-state index contributed by atoms with van der Waals surface area (Å²) in [4.78, 5) is 10.9. The highest BCUT2D eigenvalue weighted by molar-refractivity contribution is 7.80. The van der Waals surface area contributed by atoms with Crippen LogP contribution in [-0.2, 0) is 4.74 Å². The van der Waals surface area contributed by atoms with Crippen LogP contribution in [0.25, 0.3) is 0 Å². The number of aromatic nitrogens is 2. The van der Waals surface area contributed by atoms with Crippen LogP contribution in [0.1, 0.15) is 0 Å². The number of nitrogens with zero attached hydrogens (tertiary/aromatic N) is 3. The molecular formula is C18H23N5O3S. The van der Waals surface area contributed by atoms with Gasteiger partial charge in [-0.25, -0.2) is 0 Å². The van der Waals surface area contributed by atoms with E-state index in [-0.39, 0.29) is 0 Å². The molecular weight excluding hydrogens is 366 g/mol. The Hall–Kier alpha value is -2.49. The Labute approximate surface area is 163 Å². The van der Waals surface area contributed by atoms with Gasteiger partial charge in [0.25, 0.3) is 0 Å². The summed E-state index contributed by atoms with van der Waals surface area (Å²) in [6.45, 7) is 5.08. The fourth-order valence-corrected chi connectivity index (χ4v) is 2.72. The summed E-state index contributed by atoms with van der Waals surface area (Å²) in [6.07, 6.45) is 0. The maximum Gasteiger partial charge on any atom is 0.235 e. The number of hydrogen-bond acceptors (Lipinski definition) is 7. The van der Waals surface area contributed by atoms with Gasteiger partial charge in [-0.3, -0.25) is 4.90 Å². The SMILES string of the molecule is COc1cc(Oc2ccccc2)nc(NC(=S)NCCN2CCOCC2)n1. The molecule has 1 aliphatic heterocycles. The van der Waals surface area contributed by atoms with E-state index in [1.54, 1.807) is 6.07 Å². The summed E-state index contributed by atoms with van der Waals surface area (Å²) < 4.78 is 16.3. The van der Waals surface area contributed by atoms with Gasteiger partial charge in [-0.15, -0.1) is 0 Å². The van der Waals surface area contributed by atoms with Gasteiger partial charge in [0.2, 0.25) is 17.7 Å². The summed E-state index contributed by atoms with van der Waals surface area (Å²) in [5.41, 5.74) is 0. The lowest BCUT2D eigenvalue weighted by atomic mass is 10.3. The van der Waals surface area contributed by atoms with Gasteiger partial charge in [-0.05, 0) is 24.4 Å². The summed E-state index contributed by atoms with van der Waals surface area (Å²) in [5.74, 6) is 1.74. The molecule has 0 spiro atoms. The molecule has 0 unspecified atom stereocenters. The predicted octanol–water partition coefficient (Wildman–Crippen LogP) is 1.90. The molecule has 0 aliphatic carbocycles. The van der Waals surface area contributed by atoms with E-state index in [9.17, 15) is 0 Å². The van der Waals surface area contributed by atoms with Crippen molar-refractivity contribution < 1.29 is 14.2 Å². The highest BCUT2D eigenvalue weighted by Crippen LogP contribution is 2.23. The molecule has 2 heterocycles. The molecule has 2 aromatic rings. The van der Waals surface area contributed by atoms with Crippen LogP contribution in [0.2, 0.25) is 0 Å². The van der Waals surface area contributed by atoms with Crippen molar-refractivity contribution in [1.82, 2.24) is 20.2 Å². The third-order valence-electron chi connectivity index (χ3n) is 3.90. The van der Waals surface area contributed by atoms with Crippen molar-refractivity contribution >= 4 is 23.3 Å². The van der Waals surface area contributed by atoms with Crippen LogP contribution in [0.15, 0.2) is 36.4 Å². The van der Waals surface area contributed by atoms with Gasteiger partial charge in [0.05, 0.1) is 26.4 Å². The monoisotopic (exact) mass is 389 g/mol. The number of methoxy groups -OCH3 is 1. The minimum atomic E-state index is 0.309. The lowest BCUT2D eigenvalue weighted by Gasteiger charge is -2.26. The standard InChI is InChI=1S/C18H23N5O3S/c1-24-15-13-16(26-14-5-3-2-4-6-14)21-17(20-15)22-18(27)19-7-8-23-9-11-25-12-10-23/h2-6,13H,7-12H2,1H3,(H2,19,20,21,22,27). The van der Waals surface area contributed by atoms with Crippen LogP contribution in [0.3, 0.4) is 0 Å². The minimum Gasteiger partial charge on any atom is -0.481 e. The molecule has 3 rings (SSSR count). The van der Waals surface area contributed by atoms with Crippen LogP contribution in [-0.4, -0.2) is 66.5 Å². The van der Waals surface area contributed by atoms with E-state index in [1.807, 2.05) is 30.3 Å². The molecule has 0 saturated carbocycles. The van der Waals surface area contributed by atoms with Crippen molar-refractivity contribution in [2.75, 3.05) is 51.8 Å². The Bertz CT molecular complexity index is 741. The third-order valence-corrected chi connectivity index (χ3v) is 4.14. The summed E-state index contributed by atoms with van der Waals surface area (Å²) >= 11 is 5.33. The number of hydrogen-bond donors (Lipinski definition) is 2. The molecule has 1 aromatic carbocycles. The van der Waals surface area contributed by atoms with Gasteiger partial charge in [-0.2, -0.15) is 9.97 Å². The van der Waals surface area contributed by atoms with E-state index in [2.05, 4.69) is 25.5 Å². The van der Waals surface area contributed by atoms with Crippen LogP contribution >= 0.6 is 12.2 Å². The number of rotatable bonds is 7. The molecule has 0 amide bonds. The zero-order valence-electron chi connectivity index (χ0n) is 15.2. The molecule has 27 heavy (non-hydrogen) atoms. The Morgan fingerprint density at radius 3 is 2.67 bits per heavy atom. The van der Waals surface area contributed by atoms with Crippen molar-refractivity contribution in [3.05, 3.63) is 36.4 Å². The van der Waals surface area contributed by atoms with Crippen LogP contribution in [0.5, 0.6) is 17.5 Å². The van der Waals surface area contributed by atoms with Crippen molar-refractivity contribution in [3.63, 3.8) is 0 Å². The largest absolute Gasteiger partial charge is 0.481 e. The minimum absolute atomic E-state index is 0.309. The number of anilines is 1. The number of para-hydroxylation sites is 1. The Kier molecular flexibility index (Phi) is 7.14. The fourth-order valence-electron chi connectivity index (χ4n) is 2.52. The Balaban J connectivity index is 1.54. The summed E-state index contributed by atoms with van der Waals surface area (Å²) in [5, 5.41) is 6.58. The molecule has 1 fully saturated rings. The van der Waals surface area contributed by atoms with Crippen LogP contribution in [0.4, 0.5) is 5.95 Å². The van der Waals surface area contributed by atoms with Gasteiger partial charge in [0.15, 0.2) is 5.11 Å². The summed E-state index contributed by atoms with van der Waals surface area (Å²) in [6, 6.07) is 11.0.